The molecule has 0 N–H and O–H groups in total. The lowest BCUT2D eigenvalue weighted by molar-refractivity contribution is 0.961. The molecule has 0 radical (unpaired) electrons. The normalized spacial score (nSPS) is 9.62. The van der Waals surface area contributed by atoms with Gasteiger partial charge in [-0.1, -0.05) is 32.5 Å². The molecule has 2 heteroatoms. The van der Waals surface area contributed by atoms with Crippen LogP contribution >= 0.6 is 0 Å². The highest BCUT2D eigenvalue weighted by Gasteiger charge is 1.95. The predicted molar refractivity (Wildman–Crippen MR) is 55.6 cm³/mol. The Labute approximate surface area is 78.7 Å². The van der Waals surface area contributed by atoms with E-state index in [0.717, 1.165) is 23.1 Å². The highest BCUT2D eigenvalue weighted by molar-refractivity contribution is 5.77. The van der Waals surface area contributed by atoms with Crippen LogP contribution in [0.5, 0.6) is 0 Å². The van der Waals surface area contributed by atoms with Crippen LogP contribution in [0.1, 0.15) is 20.2 Å². The maximum Gasteiger partial charge on any atom is 0.128 e. The maximum atomic E-state index is 4.38. The summed E-state index contributed by atoms with van der Waals surface area (Å²) in [7, 11) is 0. The molecule has 2 nitrogen and oxygen atoms in total. The Kier molecular flexibility index (Phi) is 2.96. The molecule has 1 heterocycles. The Hall–Kier alpha value is -1.44. The lowest BCUT2D eigenvalue weighted by Crippen LogP contribution is -1.91. The molecular formula is C11H14N2. The van der Waals surface area contributed by atoms with Crippen LogP contribution in [0.3, 0.4) is 0 Å². The van der Waals surface area contributed by atoms with E-state index in [1.54, 1.807) is 0 Å². The van der Waals surface area contributed by atoms with Gasteiger partial charge in [0.05, 0.1) is 5.52 Å². The highest BCUT2D eigenvalue weighted by atomic mass is 14.9. The summed E-state index contributed by atoms with van der Waals surface area (Å²) >= 11 is 0. The second kappa shape index (κ2) is 3.99. The van der Waals surface area contributed by atoms with Gasteiger partial charge in [0, 0.05) is 18.0 Å². The van der Waals surface area contributed by atoms with Gasteiger partial charge in [-0.05, 0) is 6.07 Å². The third kappa shape index (κ3) is 1.83. The van der Waals surface area contributed by atoms with Crippen LogP contribution in [-0.4, -0.2) is 9.97 Å². The minimum Gasteiger partial charge on any atom is -0.241 e. The zero-order valence-corrected chi connectivity index (χ0v) is 6.99. The van der Waals surface area contributed by atoms with Gasteiger partial charge in [0.1, 0.15) is 5.82 Å². The highest BCUT2D eigenvalue weighted by Crippen LogP contribution is 2.09. The van der Waals surface area contributed by atoms with Crippen LogP contribution in [0.15, 0.2) is 30.5 Å². The molecule has 2 aromatic rings. The van der Waals surface area contributed by atoms with Gasteiger partial charge in [-0.25, -0.2) is 9.97 Å². The Morgan fingerprint density at radius 2 is 2.00 bits per heavy atom. The van der Waals surface area contributed by atoms with E-state index in [-0.39, 0.29) is 7.43 Å². The van der Waals surface area contributed by atoms with Crippen LogP contribution in [-0.2, 0) is 6.42 Å². The smallest absolute Gasteiger partial charge is 0.128 e. The van der Waals surface area contributed by atoms with E-state index in [0.29, 0.717) is 0 Å². The summed E-state index contributed by atoms with van der Waals surface area (Å²) in [5, 5.41) is 1.11. The van der Waals surface area contributed by atoms with E-state index in [1.165, 1.54) is 0 Å². The van der Waals surface area contributed by atoms with Crippen molar-refractivity contribution in [1.82, 2.24) is 9.97 Å². The van der Waals surface area contributed by atoms with Gasteiger partial charge in [0.25, 0.3) is 0 Å². The largest absolute Gasteiger partial charge is 0.241 e. The van der Waals surface area contributed by atoms with E-state index in [2.05, 4.69) is 16.9 Å². The zero-order valence-electron chi connectivity index (χ0n) is 6.99. The molecule has 0 aliphatic rings. The summed E-state index contributed by atoms with van der Waals surface area (Å²) in [6.45, 7) is 2.06. The molecule has 2 rings (SSSR count). The number of aryl methyl sites for hydroxylation is 1. The van der Waals surface area contributed by atoms with Crippen molar-refractivity contribution in [3.8, 4) is 0 Å². The molecule has 13 heavy (non-hydrogen) atoms. The molecule has 1 aromatic carbocycles. The van der Waals surface area contributed by atoms with Crippen molar-refractivity contribution in [2.45, 2.75) is 20.8 Å². The summed E-state index contributed by atoms with van der Waals surface area (Å²) in [5.41, 5.74) is 1.03. The summed E-state index contributed by atoms with van der Waals surface area (Å²) in [5.74, 6) is 0.911. The van der Waals surface area contributed by atoms with Crippen LogP contribution in [0.2, 0.25) is 0 Å². The standard InChI is InChI=1S/C10H10N2.CH4/c1-2-10-11-7-8-5-3-4-6-9(8)12-10;/h3-7H,2H2,1H3;1H4. The zero-order chi connectivity index (χ0) is 8.39. The number of hydrogen-bond donors (Lipinski definition) is 0. The average Bonchev–Trinajstić information content (AvgIpc) is 2.17. The fourth-order valence-electron chi connectivity index (χ4n) is 1.18. The minimum absolute atomic E-state index is 0. The monoisotopic (exact) mass is 174 g/mol. The molecule has 0 aliphatic carbocycles. The summed E-state index contributed by atoms with van der Waals surface area (Å²) in [6.07, 6.45) is 2.77. The second-order valence-corrected chi connectivity index (χ2v) is 2.70. The van der Waals surface area contributed by atoms with Crippen molar-refractivity contribution in [3.05, 3.63) is 36.3 Å². The van der Waals surface area contributed by atoms with E-state index >= 15 is 0 Å². The van der Waals surface area contributed by atoms with E-state index in [1.807, 2.05) is 30.5 Å². The van der Waals surface area contributed by atoms with Crippen molar-refractivity contribution >= 4 is 10.9 Å². The molecule has 0 aliphatic heterocycles. The summed E-state index contributed by atoms with van der Waals surface area (Å²) in [6, 6.07) is 8.02. The molecule has 68 valence electrons. The fourth-order valence-corrected chi connectivity index (χ4v) is 1.18. The molecule has 0 saturated carbocycles. The Balaban J connectivity index is 0.000000845. The van der Waals surface area contributed by atoms with E-state index < -0.39 is 0 Å². The van der Waals surface area contributed by atoms with Gasteiger partial charge >= 0.3 is 0 Å². The van der Waals surface area contributed by atoms with Crippen molar-refractivity contribution in [3.63, 3.8) is 0 Å². The quantitative estimate of drug-likeness (QED) is 0.664. The summed E-state index contributed by atoms with van der Waals surface area (Å²) < 4.78 is 0. The van der Waals surface area contributed by atoms with E-state index in [9.17, 15) is 0 Å². The maximum absolute atomic E-state index is 4.38. The first kappa shape index (κ1) is 9.65. The Bertz CT molecular complexity index is 396. The van der Waals surface area contributed by atoms with Gasteiger partial charge in [-0.15, -0.1) is 0 Å². The number of nitrogens with zero attached hydrogens (tertiary/aromatic N) is 2. The van der Waals surface area contributed by atoms with Crippen LogP contribution in [0.4, 0.5) is 0 Å². The second-order valence-electron chi connectivity index (χ2n) is 2.70. The third-order valence-electron chi connectivity index (χ3n) is 1.86. The van der Waals surface area contributed by atoms with Gasteiger partial charge in [-0.2, -0.15) is 0 Å². The van der Waals surface area contributed by atoms with Gasteiger partial charge in [0.2, 0.25) is 0 Å². The SMILES string of the molecule is C.CCc1ncc2ccccc2n1. The molecule has 0 saturated heterocycles. The molecular weight excluding hydrogens is 160 g/mol. The number of para-hydroxylation sites is 1. The third-order valence-corrected chi connectivity index (χ3v) is 1.86. The first-order valence-corrected chi connectivity index (χ1v) is 4.11. The number of rotatable bonds is 1. The van der Waals surface area contributed by atoms with Crippen LogP contribution in [0.25, 0.3) is 10.9 Å². The van der Waals surface area contributed by atoms with Crippen LogP contribution in [0, 0.1) is 0 Å². The Morgan fingerprint density at radius 3 is 2.77 bits per heavy atom. The molecule has 0 fully saturated rings. The van der Waals surface area contributed by atoms with Crippen molar-refractivity contribution < 1.29 is 0 Å². The van der Waals surface area contributed by atoms with Crippen molar-refractivity contribution in [1.29, 1.82) is 0 Å². The topological polar surface area (TPSA) is 25.8 Å². The molecule has 0 atom stereocenters. The molecule has 0 unspecified atom stereocenters. The fraction of sp³-hybridized carbons (Fsp3) is 0.273. The summed E-state index contributed by atoms with van der Waals surface area (Å²) in [4.78, 5) is 8.60. The van der Waals surface area contributed by atoms with Crippen molar-refractivity contribution in [2.75, 3.05) is 0 Å². The van der Waals surface area contributed by atoms with Gasteiger partial charge in [0.15, 0.2) is 0 Å². The lowest BCUT2D eigenvalue weighted by atomic mass is 10.2. The average molecular weight is 174 g/mol. The molecule has 1 aromatic heterocycles. The van der Waals surface area contributed by atoms with Crippen molar-refractivity contribution in [2.24, 2.45) is 0 Å². The number of fused-ring (bicyclic) bond motifs is 1. The van der Waals surface area contributed by atoms with Crippen LogP contribution < -0.4 is 0 Å². The predicted octanol–water partition coefficient (Wildman–Crippen LogP) is 2.83. The number of aromatic nitrogens is 2. The van der Waals surface area contributed by atoms with Gasteiger partial charge < -0.3 is 0 Å². The molecule has 0 bridgehead atoms. The Morgan fingerprint density at radius 1 is 1.23 bits per heavy atom. The lowest BCUT2D eigenvalue weighted by Gasteiger charge is -1.97. The molecule has 0 amide bonds. The van der Waals surface area contributed by atoms with E-state index in [4.69, 9.17) is 0 Å². The van der Waals surface area contributed by atoms with Gasteiger partial charge in [-0.3, -0.25) is 0 Å². The number of hydrogen-bond acceptors (Lipinski definition) is 2. The minimum atomic E-state index is 0. The molecule has 0 spiro atoms. The first-order chi connectivity index (χ1) is 5.90. The number of benzene rings is 1. The first-order valence-electron chi connectivity index (χ1n) is 4.11.